The van der Waals surface area contributed by atoms with Crippen molar-refractivity contribution < 1.29 is 0 Å². The highest BCUT2D eigenvalue weighted by Crippen LogP contribution is 2.26. The molecule has 0 aliphatic rings. The molecule has 2 rings (SSSR count). The molecule has 0 aliphatic carbocycles. The van der Waals surface area contributed by atoms with E-state index in [1.807, 2.05) is 11.3 Å². The fourth-order valence-electron chi connectivity index (χ4n) is 2.29. The summed E-state index contributed by atoms with van der Waals surface area (Å²) in [6.07, 6.45) is 2.11. The van der Waals surface area contributed by atoms with E-state index in [0.29, 0.717) is 12.0 Å². The Morgan fingerprint density at radius 2 is 1.76 bits per heavy atom. The molecule has 2 nitrogen and oxygen atoms in total. The van der Waals surface area contributed by atoms with Gasteiger partial charge in [-0.1, -0.05) is 58.0 Å². The molecular formula is C18H26N2S. The Bertz CT molecular complexity index is 544. The van der Waals surface area contributed by atoms with Crippen molar-refractivity contribution in [2.24, 2.45) is 0 Å². The molecule has 0 radical (unpaired) electrons. The van der Waals surface area contributed by atoms with E-state index >= 15 is 0 Å². The maximum Gasteiger partial charge on any atom is 0.0935 e. The molecule has 21 heavy (non-hydrogen) atoms. The standard InChI is InChI=1S/C18H26N2S/c1-13(2)18-16(12-19-14(3)4)21-17(20-18)11-10-15-8-6-5-7-9-15/h5-9,13-14,19H,10-12H2,1-4H3. The zero-order chi connectivity index (χ0) is 15.2. The van der Waals surface area contributed by atoms with E-state index in [1.54, 1.807) is 0 Å². The van der Waals surface area contributed by atoms with Gasteiger partial charge in [0.2, 0.25) is 0 Å². The molecule has 114 valence electrons. The van der Waals surface area contributed by atoms with Gasteiger partial charge in [-0.25, -0.2) is 4.98 Å². The molecule has 0 fully saturated rings. The summed E-state index contributed by atoms with van der Waals surface area (Å²) in [4.78, 5) is 6.29. The van der Waals surface area contributed by atoms with Crippen molar-refractivity contribution in [2.45, 2.75) is 59.0 Å². The molecule has 0 atom stereocenters. The quantitative estimate of drug-likeness (QED) is 0.811. The first kappa shape index (κ1) is 16.2. The van der Waals surface area contributed by atoms with Crippen LogP contribution < -0.4 is 5.32 Å². The van der Waals surface area contributed by atoms with Crippen LogP contribution in [0.5, 0.6) is 0 Å². The maximum atomic E-state index is 4.88. The average molecular weight is 302 g/mol. The molecular weight excluding hydrogens is 276 g/mol. The minimum Gasteiger partial charge on any atom is -0.310 e. The Hall–Kier alpha value is -1.19. The third-order valence-electron chi connectivity index (χ3n) is 3.46. The third-order valence-corrected chi connectivity index (χ3v) is 4.59. The summed E-state index contributed by atoms with van der Waals surface area (Å²) in [5, 5.41) is 4.78. The molecule has 0 saturated heterocycles. The van der Waals surface area contributed by atoms with Crippen molar-refractivity contribution in [3.8, 4) is 0 Å². The number of nitrogens with one attached hydrogen (secondary N) is 1. The summed E-state index contributed by atoms with van der Waals surface area (Å²) >= 11 is 1.88. The second-order valence-electron chi connectivity index (χ2n) is 6.09. The molecule has 1 N–H and O–H groups in total. The first-order valence-electron chi connectivity index (χ1n) is 7.82. The minimum absolute atomic E-state index is 0.496. The van der Waals surface area contributed by atoms with Gasteiger partial charge >= 0.3 is 0 Å². The predicted molar refractivity (Wildman–Crippen MR) is 92.0 cm³/mol. The van der Waals surface area contributed by atoms with Crippen LogP contribution in [0, 0.1) is 0 Å². The molecule has 1 aromatic heterocycles. The van der Waals surface area contributed by atoms with E-state index in [0.717, 1.165) is 19.4 Å². The number of benzene rings is 1. The number of aromatic nitrogens is 1. The van der Waals surface area contributed by atoms with Crippen LogP contribution in [0.4, 0.5) is 0 Å². The highest BCUT2D eigenvalue weighted by atomic mass is 32.1. The third kappa shape index (κ3) is 4.94. The highest BCUT2D eigenvalue weighted by Gasteiger charge is 2.14. The molecule has 0 saturated carbocycles. The molecule has 0 spiro atoms. The van der Waals surface area contributed by atoms with Crippen LogP contribution in [0.25, 0.3) is 0 Å². The minimum atomic E-state index is 0.496. The zero-order valence-electron chi connectivity index (χ0n) is 13.5. The normalized spacial score (nSPS) is 11.5. The Morgan fingerprint density at radius 1 is 1.05 bits per heavy atom. The topological polar surface area (TPSA) is 24.9 Å². The smallest absolute Gasteiger partial charge is 0.0935 e. The Labute approximate surface area is 132 Å². The summed E-state index contributed by atoms with van der Waals surface area (Å²) in [5.41, 5.74) is 2.66. The molecule has 1 aromatic carbocycles. The van der Waals surface area contributed by atoms with Gasteiger partial charge in [0.1, 0.15) is 0 Å². The second-order valence-corrected chi connectivity index (χ2v) is 7.26. The largest absolute Gasteiger partial charge is 0.310 e. The average Bonchev–Trinajstić information content (AvgIpc) is 2.87. The van der Waals surface area contributed by atoms with Gasteiger partial charge in [0, 0.05) is 23.9 Å². The lowest BCUT2D eigenvalue weighted by atomic mass is 10.1. The first-order valence-corrected chi connectivity index (χ1v) is 8.63. The lowest BCUT2D eigenvalue weighted by molar-refractivity contribution is 0.588. The molecule has 2 aromatic rings. The number of nitrogens with zero attached hydrogens (tertiary/aromatic N) is 1. The van der Waals surface area contributed by atoms with Gasteiger partial charge in [0.05, 0.1) is 10.7 Å². The predicted octanol–water partition coefficient (Wildman–Crippen LogP) is 4.55. The van der Waals surface area contributed by atoms with Gasteiger partial charge in [-0.2, -0.15) is 0 Å². The summed E-state index contributed by atoms with van der Waals surface area (Å²) in [7, 11) is 0. The van der Waals surface area contributed by atoms with E-state index in [1.165, 1.54) is 21.1 Å². The molecule has 3 heteroatoms. The van der Waals surface area contributed by atoms with E-state index in [-0.39, 0.29) is 0 Å². The Morgan fingerprint density at radius 3 is 2.38 bits per heavy atom. The van der Waals surface area contributed by atoms with E-state index in [4.69, 9.17) is 4.98 Å². The molecule has 1 heterocycles. The number of aryl methyl sites for hydroxylation is 2. The molecule has 0 bridgehead atoms. The monoisotopic (exact) mass is 302 g/mol. The number of rotatable bonds is 7. The van der Waals surface area contributed by atoms with Crippen LogP contribution in [-0.2, 0) is 19.4 Å². The van der Waals surface area contributed by atoms with Crippen LogP contribution in [0.3, 0.4) is 0 Å². The van der Waals surface area contributed by atoms with Gasteiger partial charge in [0.15, 0.2) is 0 Å². The summed E-state index contributed by atoms with van der Waals surface area (Å²) in [6, 6.07) is 11.2. The van der Waals surface area contributed by atoms with E-state index < -0.39 is 0 Å². The molecule has 0 aliphatic heterocycles. The van der Waals surface area contributed by atoms with Crippen LogP contribution in [0.15, 0.2) is 30.3 Å². The van der Waals surface area contributed by atoms with Crippen molar-refractivity contribution in [1.29, 1.82) is 0 Å². The van der Waals surface area contributed by atoms with Gasteiger partial charge < -0.3 is 5.32 Å². The summed E-state index contributed by atoms with van der Waals surface area (Å²) in [5.74, 6) is 0.496. The lowest BCUT2D eigenvalue weighted by Crippen LogP contribution is -2.22. The molecule has 0 unspecified atom stereocenters. The Balaban J connectivity index is 2.04. The van der Waals surface area contributed by atoms with Gasteiger partial charge in [-0.05, 0) is 17.9 Å². The Kier molecular flexibility index (Phi) is 5.95. The fraction of sp³-hybridized carbons (Fsp3) is 0.500. The van der Waals surface area contributed by atoms with Crippen molar-refractivity contribution in [3.05, 3.63) is 51.5 Å². The van der Waals surface area contributed by atoms with E-state index in [9.17, 15) is 0 Å². The summed E-state index contributed by atoms with van der Waals surface area (Å²) in [6.45, 7) is 9.77. The SMILES string of the molecule is CC(C)NCc1sc(CCc2ccccc2)nc1C(C)C. The number of thiazole rings is 1. The zero-order valence-corrected chi connectivity index (χ0v) is 14.3. The van der Waals surface area contributed by atoms with Gasteiger partial charge in [-0.3, -0.25) is 0 Å². The maximum absolute atomic E-state index is 4.88. The van der Waals surface area contributed by atoms with Crippen LogP contribution in [0.2, 0.25) is 0 Å². The van der Waals surface area contributed by atoms with Crippen LogP contribution >= 0.6 is 11.3 Å². The highest BCUT2D eigenvalue weighted by molar-refractivity contribution is 7.11. The lowest BCUT2D eigenvalue weighted by Gasteiger charge is -2.09. The summed E-state index contributed by atoms with van der Waals surface area (Å²) < 4.78 is 0. The van der Waals surface area contributed by atoms with Crippen LogP contribution in [-0.4, -0.2) is 11.0 Å². The van der Waals surface area contributed by atoms with Crippen molar-refractivity contribution in [1.82, 2.24) is 10.3 Å². The van der Waals surface area contributed by atoms with Crippen molar-refractivity contribution in [2.75, 3.05) is 0 Å². The van der Waals surface area contributed by atoms with Crippen molar-refractivity contribution >= 4 is 11.3 Å². The van der Waals surface area contributed by atoms with Gasteiger partial charge in [-0.15, -0.1) is 11.3 Å². The molecule has 0 amide bonds. The van der Waals surface area contributed by atoms with Gasteiger partial charge in [0.25, 0.3) is 0 Å². The van der Waals surface area contributed by atoms with Crippen molar-refractivity contribution in [3.63, 3.8) is 0 Å². The van der Waals surface area contributed by atoms with E-state index in [2.05, 4.69) is 63.3 Å². The van der Waals surface area contributed by atoms with Crippen LogP contribution in [0.1, 0.15) is 54.8 Å². The first-order chi connectivity index (χ1) is 10.1. The number of hydrogen-bond acceptors (Lipinski definition) is 3. The second kappa shape index (κ2) is 7.71. The fourth-order valence-corrected chi connectivity index (χ4v) is 3.47. The number of hydrogen-bond donors (Lipinski definition) is 1.